The molecule has 5 heteroatoms. The Labute approximate surface area is 195 Å². The molecule has 0 saturated carbocycles. The predicted molar refractivity (Wildman–Crippen MR) is 120 cm³/mol. The van der Waals surface area contributed by atoms with Crippen molar-refractivity contribution in [1.29, 1.82) is 0 Å². The van der Waals surface area contributed by atoms with Crippen LogP contribution in [-0.4, -0.2) is 15.2 Å². The molecule has 2 aromatic carbocycles. The third-order valence-corrected chi connectivity index (χ3v) is 4.40. The summed E-state index contributed by atoms with van der Waals surface area (Å²) >= 11 is 0. The minimum atomic E-state index is -0.178. The van der Waals surface area contributed by atoms with E-state index in [4.69, 9.17) is 0 Å². The number of hydrogen-bond acceptors (Lipinski definition) is 4. The van der Waals surface area contributed by atoms with Gasteiger partial charge in [0.2, 0.25) is 0 Å². The monoisotopic (exact) mass is 588 g/mol. The molecule has 0 saturated heterocycles. The first-order valence-corrected chi connectivity index (χ1v) is 9.70. The van der Waals surface area contributed by atoms with Crippen molar-refractivity contribution < 1.29 is 32.6 Å². The normalized spacial score (nSPS) is 11.0. The first-order valence-electron chi connectivity index (χ1n) is 9.70. The number of aromatic hydroxyl groups is 2. The van der Waals surface area contributed by atoms with Crippen molar-refractivity contribution in [2.45, 2.75) is 52.4 Å². The standard InChI is InChI=1S/C14H22O2.C11H9N2.Au/c1-13(2,3)9-7-10(14(4,5)6)12(16)11(15)8-9;1-2-6-10(7-3-1)13-11-8-4-5-9-12-11;/h7-8,15-16H,1-6H3;1-6,8-9H,(H,12,13);/q;-1;+1. The second-order valence-corrected chi connectivity index (χ2v) is 9.01. The summed E-state index contributed by atoms with van der Waals surface area (Å²) in [6.07, 6.45) is 1.76. The number of rotatable bonds is 2. The fourth-order valence-electron chi connectivity index (χ4n) is 2.67. The molecule has 3 N–H and O–H groups in total. The number of pyridine rings is 1. The van der Waals surface area contributed by atoms with Crippen LogP contribution in [0.2, 0.25) is 0 Å². The summed E-state index contributed by atoms with van der Waals surface area (Å²) < 4.78 is 0. The van der Waals surface area contributed by atoms with Crippen molar-refractivity contribution in [3.05, 3.63) is 78.0 Å². The van der Waals surface area contributed by atoms with Crippen LogP contribution in [0.4, 0.5) is 11.5 Å². The Morgan fingerprint density at radius 1 is 0.867 bits per heavy atom. The van der Waals surface area contributed by atoms with Crippen LogP contribution < -0.4 is 5.32 Å². The van der Waals surface area contributed by atoms with Gasteiger partial charge in [-0.2, -0.15) is 24.3 Å². The van der Waals surface area contributed by atoms with E-state index >= 15 is 0 Å². The van der Waals surface area contributed by atoms with E-state index < -0.39 is 0 Å². The van der Waals surface area contributed by atoms with Crippen LogP contribution in [0.25, 0.3) is 0 Å². The second-order valence-electron chi connectivity index (χ2n) is 9.01. The van der Waals surface area contributed by atoms with E-state index in [1.807, 2.05) is 69.3 Å². The maximum absolute atomic E-state index is 9.87. The third kappa shape index (κ3) is 7.52. The van der Waals surface area contributed by atoms with Gasteiger partial charge in [-0.05, 0) is 34.6 Å². The molecule has 0 aliphatic rings. The number of benzene rings is 2. The van der Waals surface area contributed by atoms with E-state index in [0.717, 1.165) is 22.6 Å². The van der Waals surface area contributed by atoms with Gasteiger partial charge in [0.1, 0.15) is 5.82 Å². The summed E-state index contributed by atoms with van der Waals surface area (Å²) in [5.41, 5.74) is 2.54. The van der Waals surface area contributed by atoms with E-state index in [-0.39, 0.29) is 44.7 Å². The van der Waals surface area contributed by atoms with Crippen LogP contribution in [0.5, 0.6) is 11.5 Å². The number of phenolic OH excluding ortho intramolecular Hbond substituents is 2. The molecule has 1 heterocycles. The Morgan fingerprint density at radius 3 is 2.03 bits per heavy atom. The number of aromatic nitrogens is 1. The summed E-state index contributed by atoms with van der Waals surface area (Å²) in [5.74, 6) is 0.808. The molecule has 0 aliphatic carbocycles. The summed E-state index contributed by atoms with van der Waals surface area (Å²) in [6, 6.07) is 20.2. The van der Waals surface area contributed by atoms with Crippen LogP contribution in [0.3, 0.4) is 0 Å². The van der Waals surface area contributed by atoms with Crippen molar-refractivity contribution in [2.75, 3.05) is 5.32 Å². The number of nitrogens with one attached hydrogen (secondary N) is 1. The zero-order valence-electron chi connectivity index (χ0n) is 18.4. The molecule has 0 aliphatic heterocycles. The summed E-state index contributed by atoms with van der Waals surface area (Å²) in [7, 11) is 0. The van der Waals surface area contributed by atoms with Crippen molar-refractivity contribution in [3.63, 3.8) is 0 Å². The van der Waals surface area contributed by atoms with Crippen LogP contribution in [0.15, 0.2) is 60.8 Å². The van der Waals surface area contributed by atoms with Crippen LogP contribution >= 0.6 is 0 Å². The zero-order chi connectivity index (χ0) is 21.7. The number of para-hydroxylation sites is 1. The van der Waals surface area contributed by atoms with Crippen molar-refractivity contribution in [2.24, 2.45) is 0 Å². The zero-order valence-corrected chi connectivity index (χ0v) is 20.6. The van der Waals surface area contributed by atoms with Crippen molar-refractivity contribution in [1.82, 2.24) is 4.98 Å². The molecule has 0 radical (unpaired) electrons. The quantitative estimate of drug-likeness (QED) is 0.187. The second kappa shape index (κ2) is 10.7. The average Bonchev–Trinajstić information content (AvgIpc) is 2.64. The number of anilines is 2. The van der Waals surface area contributed by atoms with Gasteiger partial charge < -0.3 is 15.5 Å². The molecule has 1 aromatic heterocycles. The average molecular weight is 589 g/mol. The minimum absolute atomic E-state index is 0. The summed E-state index contributed by atoms with van der Waals surface area (Å²) in [6.45, 7) is 12.3. The molecule has 3 rings (SSSR count). The molecule has 164 valence electrons. The van der Waals surface area contributed by atoms with Crippen molar-refractivity contribution in [3.8, 4) is 11.5 Å². The Morgan fingerprint density at radius 2 is 1.53 bits per heavy atom. The Bertz CT molecular complexity index is 878. The van der Waals surface area contributed by atoms with Gasteiger partial charge in [-0.25, -0.2) is 4.98 Å². The first kappa shape index (κ1) is 25.8. The molecule has 3 aromatic rings. The van der Waals surface area contributed by atoms with Crippen LogP contribution in [0, 0.1) is 6.07 Å². The molecule has 0 spiro atoms. The van der Waals surface area contributed by atoms with Gasteiger partial charge in [-0.3, -0.25) is 0 Å². The molecule has 30 heavy (non-hydrogen) atoms. The van der Waals surface area contributed by atoms with Crippen LogP contribution in [0.1, 0.15) is 52.7 Å². The molecule has 4 nitrogen and oxygen atoms in total. The molecule has 0 atom stereocenters. The molecule has 0 bridgehead atoms. The number of nitrogens with zero attached hydrogens (tertiary/aromatic N) is 1. The van der Waals surface area contributed by atoms with Gasteiger partial charge in [0.05, 0.1) is 0 Å². The van der Waals surface area contributed by atoms with E-state index in [0.29, 0.717) is 0 Å². The van der Waals surface area contributed by atoms with E-state index in [2.05, 4.69) is 37.1 Å². The van der Waals surface area contributed by atoms with Gasteiger partial charge in [0.15, 0.2) is 11.5 Å². The fourth-order valence-corrected chi connectivity index (χ4v) is 2.67. The first-order chi connectivity index (χ1) is 13.5. The van der Waals surface area contributed by atoms with Gasteiger partial charge >= 0.3 is 22.4 Å². The molecular weight excluding hydrogens is 557 g/mol. The Kier molecular flexibility index (Phi) is 9.16. The number of hydrogen-bond donors (Lipinski definition) is 3. The predicted octanol–water partition coefficient (Wildman–Crippen LogP) is 6.32. The van der Waals surface area contributed by atoms with E-state index in [1.165, 1.54) is 0 Å². The van der Waals surface area contributed by atoms with Crippen molar-refractivity contribution >= 4 is 11.5 Å². The van der Waals surface area contributed by atoms with Gasteiger partial charge in [-0.1, -0.05) is 59.4 Å². The minimum Gasteiger partial charge on any atom is -0.504 e. The van der Waals surface area contributed by atoms with E-state index in [9.17, 15) is 10.2 Å². The Balaban J connectivity index is 0.000000295. The molecule has 0 amide bonds. The summed E-state index contributed by atoms with van der Waals surface area (Å²) in [4.78, 5) is 4.14. The third-order valence-electron chi connectivity index (χ3n) is 4.40. The van der Waals surface area contributed by atoms with Gasteiger partial charge in [0.25, 0.3) is 0 Å². The summed E-state index contributed by atoms with van der Waals surface area (Å²) in [5, 5.41) is 22.8. The van der Waals surface area contributed by atoms with E-state index in [1.54, 1.807) is 12.3 Å². The fraction of sp³-hybridized carbons (Fsp3) is 0.320. The topological polar surface area (TPSA) is 65.4 Å². The van der Waals surface area contributed by atoms with Gasteiger partial charge in [0, 0.05) is 11.8 Å². The maximum Gasteiger partial charge on any atom is 1.00 e. The maximum atomic E-state index is 9.87. The molecule has 0 unspecified atom stereocenters. The number of phenols is 2. The Hall–Kier alpha value is -2.27. The van der Waals surface area contributed by atoms with Gasteiger partial charge in [-0.15, -0.1) is 6.07 Å². The van der Waals surface area contributed by atoms with Crippen LogP contribution in [-0.2, 0) is 33.2 Å². The smallest absolute Gasteiger partial charge is 0.504 e. The molecule has 0 fully saturated rings. The molecular formula is C25H31AuN2O2. The SMILES string of the molecule is CC(C)(C)c1cc(O)c(O)c(C(C)(C)C)c1.[Au+].[c-]1ccccc1Nc1ccccn1. The largest absolute Gasteiger partial charge is 1.00 e.